The fourth-order valence-electron chi connectivity index (χ4n) is 3.16. The summed E-state index contributed by atoms with van der Waals surface area (Å²) in [6.07, 6.45) is 4.59. The fraction of sp³-hybridized carbons (Fsp3) is 0.647. The van der Waals surface area contributed by atoms with Crippen molar-refractivity contribution in [2.45, 2.75) is 59.4 Å². The van der Waals surface area contributed by atoms with Crippen molar-refractivity contribution in [3.05, 3.63) is 34.6 Å². The Labute approximate surface area is 117 Å². The third-order valence-electron chi connectivity index (χ3n) is 3.89. The highest BCUT2D eigenvalue weighted by atomic mass is 19.1. The van der Waals surface area contributed by atoms with Crippen molar-refractivity contribution in [2.75, 3.05) is 7.05 Å². The topological polar surface area (TPSA) is 12.0 Å². The first-order chi connectivity index (χ1) is 9.04. The number of nitrogens with one attached hydrogen (secondary N) is 1. The third kappa shape index (κ3) is 4.04. The molecule has 0 fully saturated rings. The molecule has 1 aromatic rings. The Kier molecular flexibility index (Phi) is 6.50. The lowest BCUT2D eigenvalue weighted by Crippen LogP contribution is -2.27. The van der Waals surface area contributed by atoms with Gasteiger partial charge in [0.25, 0.3) is 0 Å². The van der Waals surface area contributed by atoms with Crippen LogP contribution in [0.2, 0.25) is 0 Å². The Morgan fingerprint density at radius 1 is 1.11 bits per heavy atom. The second-order valence-electron chi connectivity index (χ2n) is 5.58. The summed E-state index contributed by atoms with van der Waals surface area (Å²) in [4.78, 5) is 0. The standard InChI is InChI=1S/C17H28FN/c1-6-8-14(9-7-2)17(19-5)16-13(4)10-12(3)11-15(16)18/h10-11,14,17,19H,6-9H2,1-5H3. The maximum Gasteiger partial charge on any atom is 0.128 e. The van der Waals surface area contributed by atoms with Crippen LogP contribution in [0, 0.1) is 25.6 Å². The van der Waals surface area contributed by atoms with Gasteiger partial charge in [0.2, 0.25) is 0 Å². The molecule has 108 valence electrons. The van der Waals surface area contributed by atoms with Crippen LogP contribution in [0.1, 0.15) is 62.3 Å². The normalized spacial score (nSPS) is 13.0. The zero-order valence-corrected chi connectivity index (χ0v) is 13.0. The van der Waals surface area contributed by atoms with E-state index < -0.39 is 0 Å². The Morgan fingerprint density at radius 2 is 1.68 bits per heavy atom. The van der Waals surface area contributed by atoms with E-state index >= 15 is 0 Å². The molecule has 0 saturated carbocycles. The molecule has 0 aromatic heterocycles. The molecule has 1 aromatic carbocycles. The summed E-state index contributed by atoms with van der Waals surface area (Å²) >= 11 is 0. The summed E-state index contributed by atoms with van der Waals surface area (Å²) in [5, 5.41) is 3.35. The van der Waals surface area contributed by atoms with E-state index in [1.54, 1.807) is 6.07 Å². The number of aryl methyl sites for hydroxylation is 2. The van der Waals surface area contributed by atoms with E-state index in [0.717, 1.165) is 42.4 Å². The predicted octanol–water partition coefficient (Wildman–Crippen LogP) is 4.92. The molecule has 0 bridgehead atoms. The van der Waals surface area contributed by atoms with E-state index in [2.05, 4.69) is 25.2 Å². The van der Waals surface area contributed by atoms with Crippen molar-refractivity contribution >= 4 is 0 Å². The van der Waals surface area contributed by atoms with Crippen LogP contribution in [-0.4, -0.2) is 7.05 Å². The van der Waals surface area contributed by atoms with Gasteiger partial charge in [0.15, 0.2) is 0 Å². The van der Waals surface area contributed by atoms with Crippen molar-refractivity contribution in [1.82, 2.24) is 5.32 Å². The van der Waals surface area contributed by atoms with Gasteiger partial charge in [-0.25, -0.2) is 4.39 Å². The lowest BCUT2D eigenvalue weighted by Gasteiger charge is -2.28. The Hall–Kier alpha value is -0.890. The smallest absolute Gasteiger partial charge is 0.128 e. The minimum Gasteiger partial charge on any atom is -0.313 e. The predicted molar refractivity (Wildman–Crippen MR) is 81.0 cm³/mol. The highest BCUT2D eigenvalue weighted by molar-refractivity contribution is 5.34. The minimum absolute atomic E-state index is 0.0611. The summed E-state index contributed by atoms with van der Waals surface area (Å²) in [6, 6.07) is 3.86. The van der Waals surface area contributed by atoms with Gasteiger partial charge < -0.3 is 5.32 Å². The van der Waals surface area contributed by atoms with Crippen molar-refractivity contribution in [3.8, 4) is 0 Å². The monoisotopic (exact) mass is 265 g/mol. The quantitative estimate of drug-likeness (QED) is 0.738. The second kappa shape index (κ2) is 7.64. The van der Waals surface area contributed by atoms with Gasteiger partial charge in [0.05, 0.1) is 0 Å². The van der Waals surface area contributed by atoms with Gasteiger partial charge in [0.1, 0.15) is 5.82 Å². The van der Waals surface area contributed by atoms with Gasteiger partial charge in [0, 0.05) is 11.6 Å². The van der Waals surface area contributed by atoms with Crippen molar-refractivity contribution in [3.63, 3.8) is 0 Å². The van der Waals surface area contributed by atoms with E-state index in [4.69, 9.17) is 0 Å². The first kappa shape index (κ1) is 16.2. The number of hydrogen-bond donors (Lipinski definition) is 1. The van der Waals surface area contributed by atoms with Gasteiger partial charge in [-0.1, -0.05) is 32.8 Å². The number of halogens is 1. The average molecular weight is 265 g/mol. The molecule has 2 heteroatoms. The van der Waals surface area contributed by atoms with Crippen LogP contribution >= 0.6 is 0 Å². The zero-order chi connectivity index (χ0) is 14.4. The van der Waals surface area contributed by atoms with Crippen LogP contribution < -0.4 is 5.32 Å². The molecule has 0 aliphatic heterocycles. The lowest BCUT2D eigenvalue weighted by atomic mass is 9.84. The molecule has 0 saturated heterocycles. The SMILES string of the molecule is CCCC(CCC)C(NC)c1c(C)cc(C)cc1F. The summed E-state index contributed by atoms with van der Waals surface area (Å²) in [6.45, 7) is 8.37. The largest absolute Gasteiger partial charge is 0.313 e. The van der Waals surface area contributed by atoms with Crippen LogP contribution in [0.15, 0.2) is 12.1 Å². The molecule has 0 spiro atoms. The number of benzene rings is 1. The third-order valence-corrected chi connectivity index (χ3v) is 3.89. The molecule has 0 heterocycles. The number of hydrogen-bond acceptors (Lipinski definition) is 1. The van der Waals surface area contributed by atoms with Crippen molar-refractivity contribution in [2.24, 2.45) is 5.92 Å². The van der Waals surface area contributed by atoms with Crippen molar-refractivity contribution in [1.29, 1.82) is 0 Å². The van der Waals surface area contributed by atoms with E-state index in [1.165, 1.54) is 0 Å². The minimum atomic E-state index is -0.0611. The zero-order valence-electron chi connectivity index (χ0n) is 13.0. The molecular weight excluding hydrogens is 237 g/mol. The molecular formula is C17H28FN. The molecule has 1 atom stereocenters. The summed E-state index contributed by atoms with van der Waals surface area (Å²) in [7, 11) is 1.95. The van der Waals surface area contributed by atoms with E-state index in [1.807, 2.05) is 20.9 Å². The molecule has 1 rings (SSSR count). The highest BCUT2D eigenvalue weighted by Gasteiger charge is 2.24. The summed E-state index contributed by atoms with van der Waals surface area (Å²) in [5.74, 6) is 0.449. The fourth-order valence-corrected chi connectivity index (χ4v) is 3.16. The van der Waals surface area contributed by atoms with Crippen LogP contribution in [0.25, 0.3) is 0 Å². The molecule has 1 unspecified atom stereocenters. The molecule has 0 aliphatic rings. The Bertz CT molecular complexity index is 371. The second-order valence-corrected chi connectivity index (χ2v) is 5.58. The maximum absolute atomic E-state index is 14.3. The Balaban J connectivity index is 3.14. The first-order valence-electron chi connectivity index (χ1n) is 7.49. The van der Waals surface area contributed by atoms with Gasteiger partial charge in [-0.2, -0.15) is 0 Å². The van der Waals surface area contributed by atoms with Crippen LogP contribution in [0.3, 0.4) is 0 Å². The maximum atomic E-state index is 14.3. The van der Waals surface area contributed by atoms with E-state index in [-0.39, 0.29) is 11.9 Å². The number of rotatable bonds is 7. The molecule has 0 amide bonds. The summed E-state index contributed by atoms with van der Waals surface area (Å²) in [5.41, 5.74) is 2.92. The van der Waals surface area contributed by atoms with Crippen LogP contribution in [-0.2, 0) is 0 Å². The lowest BCUT2D eigenvalue weighted by molar-refractivity contribution is 0.322. The first-order valence-corrected chi connectivity index (χ1v) is 7.49. The molecule has 0 radical (unpaired) electrons. The van der Waals surface area contributed by atoms with Crippen LogP contribution in [0.5, 0.6) is 0 Å². The molecule has 1 nitrogen and oxygen atoms in total. The van der Waals surface area contributed by atoms with Gasteiger partial charge in [-0.05, 0) is 56.8 Å². The van der Waals surface area contributed by atoms with Crippen molar-refractivity contribution < 1.29 is 4.39 Å². The average Bonchev–Trinajstić information content (AvgIpc) is 2.33. The van der Waals surface area contributed by atoms with Crippen LogP contribution in [0.4, 0.5) is 4.39 Å². The van der Waals surface area contributed by atoms with Gasteiger partial charge in [-0.15, -0.1) is 0 Å². The molecule has 0 aliphatic carbocycles. The van der Waals surface area contributed by atoms with E-state index in [0.29, 0.717) is 5.92 Å². The molecule has 19 heavy (non-hydrogen) atoms. The van der Waals surface area contributed by atoms with Gasteiger partial charge in [-0.3, -0.25) is 0 Å². The molecule has 1 N–H and O–H groups in total. The summed E-state index contributed by atoms with van der Waals surface area (Å²) < 4.78 is 14.3. The van der Waals surface area contributed by atoms with E-state index in [9.17, 15) is 4.39 Å². The van der Waals surface area contributed by atoms with Gasteiger partial charge >= 0.3 is 0 Å². The Morgan fingerprint density at radius 3 is 2.11 bits per heavy atom. The highest BCUT2D eigenvalue weighted by Crippen LogP contribution is 2.33.